The van der Waals surface area contributed by atoms with Gasteiger partial charge in [0.15, 0.2) is 17.2 Å². The Morgan fingerprint density at radius 2 is 1.74 bits per heavy atom. The molecule has 42 heavy (non-hydrogen) atoms. The van der Waals surface area contributed by atoms with Gasteiger partial charge in [-0.05, 0) is 30.3 Å². The van der Waals surface area contributed by atoms with Crippen LogP contribution in [0.2, 0.25) is 0 Å². The molecule has 0 bridgehead atoms. The Bertz CT molecular complexity index is 1580. The third-order valence-corrected chi connectivity index (χ3v) is 7.32. The number of ether oxygens (including phenoxy) is 4. The Labute approximate surface area is 240 Å². The van der Waals surface area contributed by atoms with Crippen molar-refractivity contribution >= 4 is 28.7 Å². The van der Waals surface area contributed by atoms with Crippen LogP contribution in [0.1, 0.15) is 26.9 Å². The number of nitrogens with one attached hydrogen (secondary N) is 1. The first-order valence-electron chi connectivity index (χ1n) is 12.2. The second-order valence-electron chi connectivity index (χ2n) is 8.76. The lowest BCUT2D eigenvalue weighted by atomic mass is 10.1. The highest BCUT2D eigenvalue weighted by Gasteiger charge is 2.39. The number of thioether (sulfide) groups is 1. The fourth-order valence-corrected chi connectivity index (χ4v) is 5.34. The van der Waals surface area contributed by atoms with Gasteiger partial charge in [0.05, 0.1) is 14.2 Å². The van der Waals surface area contributed by atoms with Gasteiger partial charge in [0.25, 0.3) is 5.91 Å². The summed E-state index contributed by atoms with van der Waals surface area (Å²) in [5.41, 5.74) is -0.123. The number of carbonyl (C=O) groups excluding carboxylic acids is 2. The maximum Gasteiger partial charge on any atom is 0.357 e. The summed E-state index contributed by atoms with van der Waals surface area (Å²) in [7, 11) is 2.59. The molecule has 0 saturated heterocycles. The quantitative estimate of drug-likeness (QED) is 0.289. The van der Waals surface area contributed by atoms with E-state index in [4.69, 9.17) is 14.2 Å². The summed E-state index contributed by atoms with van der Waals surface area (Å²) in [6, 6.07) is 10.9. The van der Waals surface area contributed by atoms with E-state index in [1.807, 2.05) is 0 Å². The maximum atomic E-state index is 14.6. The van der Waals surface area contributed by atoms with E-state index >= 15 is 0 Å². The van der Waals surface area contributed by atoms with Crippen LogP contribution in [0.5, 0.6) is 11.5 Å². The second-order valence-corrected chi connectivity index (χ2v) is 9.83. The predicted octanol–water partition coefficient (Wildman–Crippen LogP) is 4.84. The molecule has 0 aliphatic carbocycles. The summed E-state index contributed by atoms with van der Waals surface area (Å²) >= 11 is 1.04. The SMILES string of the molecule is COC(=O)C1=COC(COc2cccc(C3SC(c4ccc(F)cc4)=NN3C(=O)c3c(F)cc(F)cc3F)c2OC)N1. The highest BCUT2D eigenvalue weighted by atomic mass is 32.2. The Morgan fingerprint density at radius 3 is 2.40 bits per heavy atom. The number of amides is 1. The van der Waals surface area contributed by atoms with Gasteiger partial charge in [-0.25, -0.2) is 27.4 Å². The first-order valence-corrected chi connectivity index (χ1v) is 13.1. The van der Waals surface area contributed by atoms with Crippen molar-refractivity contribution in [3.05, 3.63) is 107 Å². The fraction of sp³-hybridized carbons (Fsp3) is 0.179. The number of methoxy groups -OCH3 is 2. The Balaban J connectivity index is 1.47. The minimum atomic E-state index is -1.40. The highest BCUT2D eigenvalue weighted by Crippen LogP contribution is 2.47. The average molecular weight is 604 g/mol. The van der Waals surface area contributed by atoms with Gasteiger partial charge >= 0.3 is 5.97 Å². The number of rotatable bonds is 8. The normalized spacial score (nSPS) is 17.6. The van der Waals surface area contributed by atoms with Crippen LogP contribution in [0.4, 0.5) is 17.6 Å². The van der Waals surface area contributed by atoms with E-state index in [-0.39, 0.29) is 28.8 Å². The number of hydrogen-bond donors (Lipinski definition) is 1. The molecule has 9 nitrogen and oxygen atoms in total. The summed E-state index contributed by atoms with van der Waals surface area (Å²) < 4.78 is 78.0. The molecule has 2 aliphatic rings. The van der Waals surface area contributed by atoms with Crippen LogP contribution >= 0.6 is 11.8 Å². The van der Waals surface area contributed by atoms with Crippen molar-refractivity contribution in [3.8, 4) is 11.5 Å². The molecule has 1 N–H and O–H groups in total. The maximum absolute atomic E-state index is 14.6. The van der Waals surface area contributed by atoms with Crippen molar-refractivity contribution in [1.82, 2.24) is 10.3 Å². The molecule has 1 amide bonds. The zero-order valence-electron chi connectivity index (χ0n) is 21.9. The van der Waals surface area contributed by atoms with E-state index in [2.05, 4.69) is 15.2 Å². The first kappa shape index (κ1) is 28.8. The smallest absolute Gasteiger partial charge is 0.357 e. The van der Waals surface area contributed by atoms with Crippen LogP contribution in [-0.2, 0) is 14.3 Å². The van der Waals surface area contributed by atoms with Gasteiger partial charge in [-0.15, -0.1) is 0 Å². The molecule has 2 unspecified atom stereocenters. The molecule has 3 aromatic rings. The van der Waals surface area contributed by atoms with Crippen molar-refractivity contribution in [2.45, 2.75) is 11.6 Å². The molecular formula is C28H21F4N3O6S. The van der Waals surface area contributed by atoms with E-state index in [9.17, 15) is 27.2 Å². The lowest BCUT2D eigenvalue weighted by Gasteiger charge is -2.24. The van der Waals surface area contributed by atoms with Crippen molar-refractivity contribution in [2.75, 3.05) is 20.8 Å². The fourth-order valence-electron chi connectivity index (χ4n) is 4.17. The topological polar surface area (TPSA) is 98.7 Å². The molecule has 0 fully saturated rings. The molecule has 2 heterocycles. The Hall–Kier alpha value is -4.72. The second kappa shape index (κ2) is 12.0. The largest absolute Gasteiger partial charge is 0.492 e. The van der Waals surface area contributed by atoms with Crippen molar-refractivity contribution in [3.63, 3.8) is 0 Å². The number of benzene rings is 3. The van der Waals surface area contributed by atoms with Crippen molar-refractivity contribution < 1.29 is 46.1 Å². The third-order valence-electron chi connectivity index (χ3n) is 6.11. The molecular weight excluding hydrogens is 582 g/mol. The molecule has 3 aromatic carbocycles. The van der Waals surface area contributed by atoms with Crippen molar-refractivity contribution in [2.24, 2.45) is 5.10 Å². The lowest BCUT2D eigenvalue weighted by Crippen LogP contribution is -2.33. The number of esters is 1. The van der Waals surface area contributed by atoms with Gasteiger partial charge in [0.2, 0.25) is 6.23 Å². The third kappa shape index (κ3) is 5.70. The standard InChI is InChI=1S/C28H21F4N3O6S/c1-38-24-17(4-3-5-21(24)40-13-22-33-20(12-41-22)28(37)39-2)27-35(26(36)23-18(31)10-16(30)11-19(23)32)34-25(42-27)14-6-8-15(29)9-7-14/h3-12,22,27,33H,13H2,1-2H3. The van der Waals surface area contributed by atoms with Crippen LogP contribution in [0.3, 0.4) is 0 Å². The van der Waals surface area contributed by atoms with Gasteiger partial charge in [0.1, 0.15) is 52.1 Å². The minimum Gasteiger partial charge on any atom is -0.492 e. The molecule has 5 rings (SSSR count). The summed E-state index contributed by atoms with van der Waals surface area (Å²) in [5.74, 6) is -5.91. The Morgan fingerprint density at radius 1 is 1.02 bits per heavy atom. The zero-order valence-corrected chi connectivity index (χ0v) is 22.7. The van der Waals surface area contributed by atoms with Gasteiger partial charge in [-0.1, -0.05) is 23.9 Å². The minimum absolute atomic E-state index is 0.0827. The predicted molar refractivity (Wildman–Crippen MR) is 142 cm³/mol. The molecule has 0 aromatic heterocycles. The van der Waals surface area contributed by atoms with Crippen LogP contribution in [-0.4, -0.2) is 49.0 Å². The molecule has 0 radical (unpaired) electrons. The van der Waals surface area contributed by atoms with Crippen LogP contribution < -0.4 is 14.8 Å². The molecule has 0 saturated carbocycles. The summed E-state index contributed by atoms with van der Waals surface area (Å²) in [6.07, 6.45) is 0.470. The van der Waals surface area contributed by atoms with E-state index in [1.54, 1.807) is 18.2 Å². The Kier molecular flexibility index (Phi) is 8.24. The van der Waals surface area contributed by atoms with E-state index < -0.39 is 52.3 Å². The number of halogens is 4. The van der Waals surface area contributed by atoms with Crippen LogP contribution in [0, 0.1) is 23.3 Å². The van der Waals surface area contributed by atoms with Crippen LogP contribution in [0.15, 0.2) is 71.7 Å². The highest BCUT2D eigenvalue weighted by molar-refractivity contribution is 8.14. The molecule has 2 aliphatic heterocycles. The molecule has 2 atom stereocenters. The lowest BCUT2D eigenvalue weighted by molar-refractivity contribution is -0.136. The van der Waals surface area contributed by atoms with Gasteiger partial charge in [-0.3, -0.25) is 4.79 Å². The summed E-state index contributed by atoms with van der Waals surface area (Å²) in [5, 5.41) is 7.17. The van der Waals surface area contributed by atoms with Gasteiger partial charge < -0.3 is 24.3 Å². The molecule has 0 spiro atoms. The van der Waals surface area contributed by atoms with Crippen molar-refractivity contribution in [1.29, 1.82) is 0 Å². The van der Waals surface area contributed by atoms with Gasteiger partial charge in [0, 0.05) is 23.3 Å². The number of nitrogens with zero attached hydrogens (tertiary/aromatic N) is 2. The average Bonchev–Trinajstić information content (AvgIpc) is 3.63. The number of hydrogen-bond acceptors (Lipinski definition) is 9. The molecule has 14 heteroatoms. The number of para-hydroxylation sites is 1. The number of carbonyl (C=O) groups is 2. The summed E-state index contributed by atoms with van der Waals surface area (Å²) in [4.78, 5) is 25.2. The van der Waals surface area contributed by atoms with E-state index in [0.717, 1.165) is 16.8 Å². The number of hydrazone groups is 1. The first-order chi connectivity index (χ1) is 20.2. The monoisotopic (exact) mass is 603 g/mol. The molecule has 218 valence electrons. The van der Waals surface area contributed by atoms with E-state index in [0.29, 0.717) is 23.3 Å². The van der Waals surface area contributed by atoms with Crippen LogP contribution in [0.25, 0.3) is 0 Å². The van der Waals surface area contributed by atoms with Gasteiger partial charge in [-0.2, -0.15) is 5.10 Å². The van der Waals surface area contributed by atoms with E-state index in [1.165, 1.54) is 44.7 Å². The summed E-state index contributed by atoms with van der Waals surface area (Å²) in [6.45, 7) is -0.0827. The zero-order chi connectivity index (χ0) is 30.0.